The molecule has 0 aliphatic rings. The largest absolute Gasteiger partial charge is 0.279 e. The molecule has 0 saturated heterocycles. The molecule has 2 heterocycles. The molecule has 4 rings (SSSR count). The van der Waals surface area contributed by atoms with Crippen molar-refractivity contribution in [2.45, 2.75) is 37.5 Å². The van der Waals surface area contributed by atoms with E-state index in [-0.39, 0.29) is 5.91 Å². The molecule has 6 heteroatoms. The Bertz CT molecular complexity index is 1170. The predicted octanol–water partition coefficient (Wildman–Crippen LogP) is 6.35. The third-order valence-electron chi connectivity index (χ3n) is 4.55. The van der Waals surface area contributed by atoms with Gasteiger partial charge in [-0.2, -0.15) is 0 Å². The molecule has 152 valence electrons. The van der Waals surface area contributed by atoms with Crippen LogP contribution in [-0.2, 0) is 6.54 Å². The number of nitrogens with zero attached hydrogens (tertiary/aromatic N) is 3. The molecule has 0 spiro atoms. The highest BCUT2D eigenvalue weighted by Crippen LogP contribution is 2.32. The zero-order valence-corrected chi connectivity index (χ0v) is 18.8. The summed E-state index contributed by atoms with van der Waals surface area (Å²) in [4.78, 5) is 25.3. The molecule has 0 bridgehead atoms. The second kappa shape index (κ2) is 8.98. The van der Waals surface area contributed by atoms with Gasteiger partial charge in [0, 0.05) is 28.1 Å². The Kier molecular flexibility index (Phi) is 6.16. The van der Waals surface area contributed by atoms with Gasteiger partial charge in [0.15, 0.2) is 5.13 Å². The van der Waals surface area contributed by atoms with Gasteiger partial charge in [-0.1, -0.05) is 37.3 Å². The van der Waals surface area contributed by atoms with Gasteiger partial charge in [-0.05, 0) is 60.5 Å². The molecule has 4 nitrogen and oxygen atoms in total. The number of aromatic nitrogens is 2. The van der Waals surface area contributed by atoms with Crippen molar-refractivity contribution >= 4 is 44.4 Å². The highest BCUT2D eigenvalue weighted by molar-refractivity contribution is 7.99. The minimum atomic E-state index is -0.0474. The van der Waals surface area contributed by atoms with Gasteiger partial charge in [0.25, 0.3) is 5.91 Å². The molecule has 2 aromatic heterocycles. The van der Waals surface area contributed by atoms with E-state index in [9.17, 15) is 4.79 Å². The summed E-state index contributed by atoms with van der Waals surface area (Å²) in [5, 5.41) is 1.16. The SMILES string of the molecule is Cc1ccc2nc(N(Cc3ccncc3)C(=O)c3cccc(SC(C)C)c3)sc2c1. The maximum absolute atomic E-state index is 13.6. The molecule has 0 fully saturated rings. The van der Waals surface area contributed by atoms with Crippen molar-refractivity contribution in [2.75, 3.05) is 4.90 Å². The molecule has 0 radical (unpaired) electrons. The van der Waals surface area contributed by atoms with Crippen LogP contribution in [0.25, 0.3) is 10.2 Å². The molecular weight excluding hydrogens is 410 g/mol. The van der Waals surface area contributed by atoms with Crippen LogP contribution in [0, 0.1) is 6.92 Å². The van der Waals surface area contributed by atoms with Crippen molar-refractivity contribution in [3.05, 3.63) is 83.7 Å². The van der Waals surface area contributed by atoms with Crippen LogP contribution in [0.2, 0.25) is 0 Å². The number of pyridine rings is 1. The predicted molar refractivity (Wildman–Crippen MR) is 127 cm³/mol. The Morgan fingerprint density at radius 1 is 1.10 bits per heavy atom. The molecule has 0 saturated carbocycles. The smallest absolute Gasteiger partial charge is 0.260 e. The molecule has 30 heavy (non-hydrogen) atoms. The molecule has 0 unspecified atom stereocenters. The summed E-state index contributed by atoms with van der Waals surface area (Å²) < 4.78 is 1.08. The van der Waals surface area contributed by atoms with Crippen LogP contribution in [0.1, 0.15) is 35.3 Å². The number of rotatable bonds is 6. The summed E-state index contributed by atoms with van der Waals surface area (Å²) in [6.07, 6.45) is 3.50. The third-order valence-corrected chi connectivity index (χ3v) is 6.59. The van der Waals surface area contributed by atoms with Crippen LogP contribution in [0.3, 0.4) is 0 Å². The van der Waals surface area contributed by atoms with Gasteiger partial charge < -0.3 is 0 Å². The summed E-state index contributed by atoms with van der Waals surface area (Å²) in [5.41, 5.74) is 3.78. The Morgan fingerprint density at radius 3 is 2.67 bits per heavy atom. The van der Waals surface area contributed by atoms with Crippen LogP contribution in [0.4, 0.5) is 5.13 Å². The fraction of sp³-hybridized carbons (Fsp3) is 0.208. The van der Waals surface area contributed by atoms with E-state index in [2.05, 4.69) is 37.9 Å². The minimum absolute atomic E-state index is 0.0474. The lowest BCUT2D eigenvalue weighted by molar-refractivity contribution is 0.0985. The van der Waals surface area contributed by atoms with E-state index in [1.165, 1.54) is 5.56 Å². The number of hydrogen-bond acceptors (Lipinski definition) is 5. The number of carbonyl (C=O) groups is 1. The standard InChI is InChI=1S/C24H23N3OS2/c1-16(2)29-20-6-4-5-19(14-20)23(28)27(15-18-9-11-25-12-10-18)24-26-21-8-7-17(3)13-22(21)30-24/h4-14,16H,15H2,1-3H3. The van der Waals surface area contributed by atoms with Crippen LogP contribution >= 0.6 is 23.1 Å². The molecule has 2 aromatic carbocycles. The van der Waals surface area contributed by atoms with Crippen LogP contribution in [-0.4, -0.2) is 21.1 Å². The number of thioether (sulfide) groups is 1. The number of anilines is 1. The fourth-order valence-electron chi connectivity index (χ4n) is 3.16. The van der Waals surface area contributed by atoms with Gasteiger partial charge in [-0.3, -0.25) is 14.7 Å². The first kappa shape index (κ1) is 20.6. The van der Waals surface area contributed by atoms with Gasteiger partial charge in [0.05, 0.1) is 16.8 Å². The number of fused-ring (bicyclic) bond motifs is 1. The first-order valence-electron chi connectivity index (χ1n) is 9.84. The first-order chi connectivity index (χ1) is 14.5. The minimum Gasteiger partial charge on any atom is -0.279 e. The van der Waals surface area contributed by atoms with Gasteiger partial charge in [-0.15, -0.1) is 11.8 Å². The Balaban J connectivity index is 1.73. The normalized spacial score (nSPS) is 11.2. The zero-order valence-electron chi connectivity index (χ0n) is 17.2. The van der Waals surface area contributed by atoms with Crippen molar-refractivity contribution in [1.29, 1.82) is 0 Å². The number of benzene rings is 2. The van der Waals surface area contributed by atoms with Crippen molar-refractivity contribution in [3.63, 3.8) is 0 Å². The maximum Gasteiger partial charge on any atom is 0.260 e. The number of amides is 1. The van der Waals surface area contributed by atoms with E-state index in [4.69, 9.17) is 4.98 Å². The number of aryl methyl sites for hydroxylation is 1. The van der Waals surface area contributed by atoms with E-state index in [1.54, 1.807) is 40.4 Å². The third kappa shape index (κ3) is 4.71. The highest BCUT2D eigenvalue weighted by atomic mass is 32.2. The summed E-state index contributed by atoms with van der Waals surface area (Å²) in [7, 11) is 0. The van der Waals surface area contributed by atoms with Gasteiger partial charge >= 0.3 is 0 Å². The monoisotopic (exact) mass is 433 g/mol. The molecule has 0 N–H and O–H groups in total. The van der Waals surface area contributed by atoms with Crippen molar-refractivity contribution < 1.29 is 4.79 Å². The highest BCUT2D eigenvalue weighted by Gasteiger charge is 2.22. The van der Waals surface area contributed by atoms with Gasteiger partial charge in [-0.25, -0.2) is 4.98 Å². The first-order valence-corrected chi connectivity index (χ1v) is 11.5. The number of thiazole rings is 1. The molecule has 0 aliphatic carbocycles. The lowest BCUT2D eigenvalue weighted by Crippen LogP contribution is -2.30. The molecule has 0 aliphatic heterocycles. The quantitative estimate of drug-likeness (QED) is 0.333. The lowest BCUT2D eigenvalue weighted by atomic mass is 10.2. The summed E-state index contributed by atoms with van der Waals surface area (Å²) >= 11 is 3.30. The lowest BCUT2D eigenvalue weighted by Gasteiger charge is -2.20. The van der Waals surface area contributed by atoms with E-state index in [1.807, 2.05) is 42.5 Å². The zero-order chi connectivity index (χ0) is 21.1. The van der Waals surface area contributed by atoms with E-state index >= 15 is 0 Å². The van der Waals surface area contributed by atoms with E-state index in [0.717, 1.165) is 20.7 Å². The van der Waals surface area contributed by atoms with Gasteiger partial charge in [0.2, 0.25) is 0 Å². The molecule has 1 amide bonds. The summed E-state index contributed by atoms with van der Waals surface area (Å²) in [6.45, 7) is 6.81. The van der Waals surface area contributed by atoms with Crippen molar-refractivity contribution in [2.24, 2.45) is 0 Å². The Morgan fingerprint density at radius 2 is 1.90 bits per heavy atom. The fourth-order valence-corrected chi connectivity index (χ4v) is 5.12. The van der Waals surface area contributed by atoms with Crippen molar-refractivity contribution in [1.82, 2.24) is 9.97 Å². The second-order valence-corrected chi connectivity index (χ2v) is 10.1. The molecule has 0 atom stereocenters. The van der Waals surface area contributed by atoms with E-state index in [0.29, 0.717) is 22.5 Å². The van der Waals surface area contributed by atoms with Crippen LogP contribution in [0.15, 0.2) is 71.9 Å². The van der Waals surface area contributed by atoms with E-state index < -0.39 is 0 Å². The maximum atomic E-state index is 13.6. The average Bonchev–Trinajstić information content (AvgIpc) is 3.15. The Labute approximate surface area is 185 Å². The number of hydrogen-bond donors (Lipinski definition) is 0. The van der Waals surface area contributed by atoms with Crippen molar-refractivity contribution in [3.8, 4) is 0 Å². The van der Waals surface area contributed by atoms with Gasteiger partial charge in [0.1, 0.15) is 0 Å². The molecular formula is C24H23N3OS2. The molecule has 4 aromatic rings. The second-order valence-electron chi connectivity index (χ2n) is 7.41. The van der Waals surface area contributed by atoms with Crippen LogP contribution < -0.4 is 4.90 Å². The van der Waals surface area contributed by atoms with Crippen LogP contribution in [0.5, 0.6) is 0 Å². The summed E-state index contributed by atoms with van der Waals surface area (Å²) in [6, 6.07) is 17.9. The summed E-state index contributed by atoms with van der Waals surface area (Å²) in [5.74, 6) is -0.0474. The topological polar surface area (TPSA) is 46.1 Å². The number of carbonyl (C=O) groups excluding carboxylic acids is 1. The Hall–Kier alpha value is -2.70. The average molecular weight is 434 g/mol.